The molecular formula is C11H9F3N2OS. The molecule has 96 valence electrons. The van der Waals surface area contributed by atoms with Gasteiger partial charge in [-0.25, -0.2) is 4.98 Å². The Morgan fingerprint density at radius 3 is 2.72 bits per heavy atom. The zero-order chi connectivity index (χ0) is 13.2. The van der Waals surface area contributed by atoms with E-state index >= 15 is 0 Å². The van der Waals surface area contributed by atoms with Gasteiger partial charge in [0.15, 0.2) is 5.13 Å². The number of anilines is 1. The molecule has 1 aromatic heterocycles. The van der Waals surface area contributed by atoms with Gasteiger partial charge in [-0.1, -0.05) is 12.1 Å². The van der Waals surface area contributed by atoms with Gasteiger partial charge in [-0.3, -0.25) is 0 Å². The molecule has 0 spiro atoms. The summed E-state index contributed by atoms with van der Waals surface area (Å²) in [5, 5.41) is 0.438. The minimum absolute atomic E-state index is 0.225. The smallest absolute Gasteiger partial charge is 0.406 e. The lowest BCUT2D eigenvalue weighted by Gasteiger charge is -2.09. The van der Waals surface area contributed by atoms with Crippen LogP contribution in [0.5, 0.6) is 5.75 Å². The number of nitrogens with two attached hydrogens (primary N) is 1. The number of alkyl halides is 3. The van der Waals surface area contributed by atoms with Gasteiger partial charge in [0.25, 0.3) is 0 Å². The molecule has 2 aromatic rings. The van der Waals surface area contributed by atoms with Crippen LogP contribution in [-0.4, -0.2) is 11.3 Å². The highest BCUT2D eigenvalue weighted by Crippen LogP contribution is 2.25. The number of benzene rings is 1. The first-order chi connectivity index (χ1) is 8.42. The minimum Gasteiger partial charge on any atom is -0.406 e. The molecule has 0 aliphatic heterocycles. The third kappa shape index (κ3) is 3.63. The highest BCUT2D eigenvalue weighted by Gasteiger charge is 2.31. The van der Waals surface area contributed by atoms with E-state index in [1.807, 2.05) is 0 Å². The van der Waals surface area contributed by atoms with Gasteiger partial charge >= 0.3 is 6.36 Å². The van der Waals surface area contributed by atoms with Crippen LogP contribution < -0.4 is 10.5 Å². The number of hydrogen-bond acceptors (Lipinski definition) is 4. The third-order valence-corrected chi connectivity index (χ3v) is 2.91. The number of thiazole rings is 1. The molecule has 0 saturated carbocycles. The Morgan fingerprint density at radius 2 is 2.11 bits per heavy atom. The van der Waals surface area contributed by atoms with E-state index in [1.165, 1.54) is 29.5 Å². The van der Waals surface area contributed by atoms with Crippen LogP contribution in [0.1, 0.15) is 10.4 Å². The summed E-state index contributed by atoms with van der Waals surface area (Å²) in [5.74, 6) is -0.225. The van der Waals surface area contributed by atoms with Gasteiger partial charge in [0.05, 0.1) is 0 Å². The first kappa shape index (κ1) is 12.7. The molecule has 0 radical (unpaired) electrons. The van der Waals surface area contributed by atoms with E-state index in [-0.39, 0.29) is 5.75 Å². The number of halogens is 3. The fourth-order valence-electron chi connectivity index (χ4n) is 1.46. The van der Waals surface area contributed by atoms with Crippen molar-refractivity contribution < 1.29 is 17.9 Å². The highest BCUT2D eigenvalue weighted by molar-refractivity contribution is 7.15. The van der Waals surface area contributed by atoms with Gasteiger partial charge in [0, 0.05) is 17.5 Å². The van der Waals surface area contributed by atoms with Crippen molar-refractivity contribution in [3.8, 4) is 5.75 Å². The minimum atomic E-state index is -4.67. The molecule has 0 fully saturated rings. The summed E-state index contributed by atoms with van der Waals surface area (Å²) in [7, 11) is 0. The quantitative estimate of drug-likeness (QED) is 0.934. The summed E-state index contributed by atoms with van der Waals surface area (Å²) in [4.78, 5) is 4.77. The van der Waals surface area contributed by atoms with Crippen LogP contribution >= 0.6 is 11.3 Å². The molecule has 18 heavy (non-hydrogen) atoms. The summed E-state index contributed by atoms with van der Waals surface area (Å²) in [6.45, 7) is 0. The molecule has 0 saturated heterocycles. The maximum Gasteiger partial charge on any atom is 0.573 e. The second kappa shape index (κ2) is 4.85. The van der Waals surface area contributed by atoms with Gasteiger partial charge in [-0.15, -0.1) is 24.5 Å². The molecule has 0 aliphatic carbocycles. The number of nitrogens with zero attached hydrogens (tertiary/aromatic N) is 1. The predicted molar refractivity (Wildman–Crippen MR) is 62.5 cm³/mol. The summed E-state index contributed by atoms with van der Waals surface area (Å²) < 4.78 is 40.0. The van der Waals surface area contributed by atoms with Gasteiger partial charge < -0.3 is 10.5 Å². The lowest BCUT2D eigenvalue weighted by molar-refractivity contribution is -0.274. The first-order valence-corrected chi connectivity index (χ1v) is 5.79. The van der Waals surface area contributed by atoms with Crippen molar-refractivity contribution in [3.05, 3.63) is 40.9 Å². The third-order valence-electron chi connectivity index (χ3n) is 2.08. The van der Waals surface area contributed by atoms with Crippen LogP contribution in [0.2, 0.25) is 0 Å². The molecule has 0 atom stereocenters. The highest BCUT2D eigenvalue weighted by atomic mass is 32.1. The second-order valence-corrected chi connectivity index (χ2v) is 4.68. The lowest BCUT2D eigenvalue weighted by atomic mass is 10.1. The van der Waals surface area contributed by atoms with Crippen molar-refractivity contribution >= 4 is 16.5 Å². The number of nitrogen functional groups attached to an aromatic ring is 1. The number of hydrogen-bond donors (Lipinski definition) is 1. The molecule has 3 nitrogen and oxygen atoms in total. The summed E-state index contributed by atoms with van der Waals surface area (Å²) >= 11 is 1.31. The summed E-state index contributed by atoms with van der Waals surface area (Å²) in [6.07, 6.45) is -2.59. The summed E-state index contributed by atoms with van der Waals surface area (Å²) in [5.41, 5.74) is 6.19. The van der Waals surface area contributed by atoms with Crippen LogP contribution in [0.15, 0.2) is 30.5 Å². The van der Waals surface area contributed by atoms with Gasteiger partial charge in [0.2, 0.25) is 0 Å². The van der Waals surface area contributed by atoms with Crippen molar-refractivity contribution in [1.82, 2.24) is 4.98 Å². The Bertz CT molecular complexity index is 539. The standard InChI is InChI=1S/C11H9F3N2OS/c12-11(13,14)17-8-3-1-2-7(4-8)5-9-6-16-10(15)18-9/h1-4,6H,5H2,(H2,15,16). The Balaban J connectivity index is 2.12. The van der Waals surface area contributed by atoms with Crippen LogP contribution in [0.4, 0.5) is 18.3 Å². The SMILES string of the molecule is Nc1ncc(Cc2cccc(OC(F)(F)F)c2)s1. The zero-order valence-electron chi connectivity index (χ0n) is 9.07. The molecular weight excluding hydrogens is 265 g/mol. The van der Waals surface area contributed by atoms with E-state index in [4.69, 9.17) is 5.73 Å². The van der Waals surface area contributed by atoms with Crippen molar-refractivity contribution in [2.45, 2.75) is 12.8 Å². The molecule has 2 rings (SSSR count). The van der Waals surface area contributed by atoms with Gasteiger partial charge in [-0.2, -0.15) is 0 Å². The normalized spacial score (nSPS) is 11.5. The van der Waals surface area contributed by atoms with Crippen LogP contribution in [-0.2, 0) is 6.42 Å². The van der Waals surface area contributed by atoms with Crippen molar-refractivity contribution in [2.75, 3.05) is 5.73 Å². The first-order valence-electron chi connectivity index (χ1n) is 4.97. The molecule has 2 N–H and O–H groups in total. The average molecular weight is 274 g/mol. The Labute approximate surface area is 105 Å². The number of ether oxygens (including phenoxy) is 1. The molecule has 0 bridgehead atoms. The Morgan fingerprint density at radius 1 is 1.33 bits per heavy atom. The van der Waals surface area contributed by atoms with Crippen molar-refractivity contribution in [3.63, 3.8) is 0 Å². The average Bonchev–Trinajstić information content (AvgIpc) is 2.62. The van der Waals surface area contributed by atoms with Crippen LogP contribution in [0, 0.1) is 0 Å². The molecule has 1 aromatic carbocycles. The van der Waals surface area contributed by atoms with Crippen LogP contribution in [0.3, 0.4) is 0 Å². The lowest BCUT2D eigenvalue weighted by Crippen LogP contribution is -2.17. The number of rotatable bonds is 3. The van der Waals surface area contributed by atoms with E-state index in [1.54, 1.807) is 12.3 Å². The number of aromatic nitrogens is 1. The summed E-state index contributed by atoms with van der Waals surface area (Å²) in [6, 6.07) is 5.85. The molecule has 0 aliphatic rings. The van der Waals surface area contributed by atoms with E-state index < -0.39 is 6.36 Å². The van der Waals surface area contributed by atoms with Gasteiger partial charge in [0.1, 0.15) is 5.75 Å². The van der Waals surface area contributed by atoms with Crippen molar-refractivity contribution in [1.29, 1.82) is 0 Å². The fraction of sp³-hybridized carbons (Fsp3) is 0.182. The van der Waals surface area contributed by atoms with Crippen LogP contribution in [0.25, 0.3) is 0 Å². The molecule has 7 heteroatoms. The molecule has 1 heterocycles. The van der Waals surface area contributed by atoms with Gasteiger partial charge in [-0.05, 0) is 17.7 Å². The monoisotopic (exact) mass is 274 g/mol. The van der Waals surface area contributed by atoms with E-state index in [0.29, 0.717) is 17.1 Å². The van der Waals surface area contributed by atoms with Crippen molar-refractivity contribution in [2.24, 2.45) is 0 Å². The van der Waals surface area contributed by atoms with E-state index in [2.05, 4.69) is 9.72 Å². The molecule has 0 unspecified atom stereocenters. The van der Waals surface area contributed by atoms with E-state index in [9.17, 15) is 13.2 Å². The predicted octanol–water partition coefficient (Wildman–Crippen LogP) is 3.21. The Hall–Kier alpha value is -1.76. The Kier molecular flexibility index (Phi) is 3.42. The topological polar surface area (TPSA) is 48.1 Å². The molecule has 0 amide bonds. The maximum absolute atomic E-state index is 12.1. The zero-order valence-corrected chi connectivity index (χ0v) is 9.89. The second-order valence-electron chi connectivity index (χ2n) is 3.54. The largest absolute Gasteiger partial charge is 0.573 e. The fourth-order valence-corrected chi connectivity index (χ4v) is 2.18. The van der Waals surface area contributed by atoms with E-state index in [0.717, 1.165) is 4.88 Å². The maximum atomic E-state index is 12.1.